The van der Waals surface area contributed by atoms with Crippen molar-refractivity contribution in [2.75, 3.05) is 6.54 Å². The molecule has 66 valence electrons. The van der Waals surface area contributed by atoms with Gasteiger partial charge in [-0.1, -0.05) is 37.3 Å². The molecule has 1 aromatic rings. The summed E-state index contributed by atoms with van der Waals surface area (Å²) in [5, 5.41) is 9.71. The second kappa shape index (κ2) is 4.24. The number of rotatable bonds is 3. The van der Waals surface area contributed by atoms with Crippen LogP contribution in [0.2, 0.25) is 0 Å². The number of aliphatic hydroxyl groups excluding tert-OH is 1. The lowest BCUT2D eigenvalue weighted by Crippen LogP contribution is -2.18. The summed E-state index contributed by atoms with van der Waals surface area (Å²) >= 11 is 0. The van der Waals surface area contributed by atoms with Gasteiger partial charge in [0.2, 0.25) is 0 Å². The van der Waals surface area contributed by atoms with Crippen molar-refractivity contribution in [1.82, 2.24) is 0 Å². The molecule has 0 spiro atoms. The zero-order chi connectivity index (χ0) is 8.97. The minimum atomic E-state index is -0.434. The van der Waals surface area contributed by atoms with E-state index >= 15 is 0 Å². The lowest BCUT2D eigenvalue weighted by Gasteiger charge is -2.16. The van der Waals surface area contributed by atoms with E-state index in [9.17, 15) is 5.11 Å². The lowest BCUT2D eigenvalue weighted by molar-refractivity contribution is 0.122. The van der Waals surface area contributed by atoms with Gasteiger partial charge in [-0.2, -0.15) is 0 Å². The molecule has 3 N–H and O–H groups in total. The highest BCUT2D eigenvalue weighted by atomic mass is 16.3. The molecule has 1 rings (SSSR count). The molecule has 0 aliphatic rings. The van der Waals surface area contributed by atoms with Crippen LogP contribution in [0.4, 0.5) is 0 Å². The van der Waals surface area contributed by atoms with E-state index in [0.717, 1.165) is 5.56 Å². The average Bonchev–Trinajstić information content (AvgIpc) is 2.17. The number of benzene rings is 1. The molecule has 0 aromatic heterocycles. The van der Waals surface area contributed by atoms with E-state index in [1.165, 1.54) is 0 Å². The van der Waals surface area contributed by atoms with Crippen LogP contribution in [0, 0.1) is 5.92 Å². The summed E-state index contributed by atoms with van der Waals surface area (Å²) in [6.45, 7) is 2.45. The summed E-state index contributed by atoms with van der Waals surface area (Å²) in [6.07, 6.45) is -0.434. The van der Waals surface area contributed by atoms with E-state index in [-0.39, 0.29) is 5.92 Å². The van der Waals surface area contributed by atoms with Gasteiger partial charge in [-0.15, -0.1) is 0 Å². The molecule has 0 saturated carbocycles. The monoisotopic (exact) mass is 165 g/mol. The zero-order valence-electron chi connectivity index (χ0n) is 7.27. The summed E-state index contributed by atoms with van der Waals surface area (Å²) < 4.78 is 0. The average molecular weight is 165 g/mol. The second-order valence-electron chi connectivity index (χ2n) is 3.07. The van der Waals surface area contributed by atoms with Crippen LogP contribution in [-0.2, 0) is 0 Å². The number of hydrogen-bond donors (Lipinski definition) is 2. The van der Waals surface area contributed by atoms with Gasteiger partial charge in [0.05, 0.1) is 6.10 Å². The van der Waals surface area contributed by atoms with E-state index < -0.39 is 6.10 Å². The molecule has 0 aliphatic carbocycles. The molecular formula is C10H15NO. The molecule has 0 bridgehead atoms. The maximum Gasteiger partial charge on any atom is 0.0827 e. The van der Waals surface area contributed by atoms with E-state index in [1.807, 2.05) is 37.3 Å². The molecule has 2 nitrogen and oxygen atoms in total. The van der Waals surface area contributed by atoms with Crippen LogP contribution in [0.3, 0.4) is 0 Å². The highest BCUT2D eigenvalue weighted by Crippen LogP contribution is 2.19. The Morgan fingerprint density at radius 3 is 2.42 bits per heavy atom. The second-order valence-corrected chi connectivity index (χ2v) is 3.07. The summed E-state index contributed by atoms with van der Waals surface area (Å²) in [5.41, 5.74) is 6.39. The van der Waals surface area contributed by atoms with Gasteiger partial charge in [0.25, 0.3) is 0 Å². The minimum Gasteiger partial charge on any atom is -0.388 e. The van der Waals surface area contributed by atoms with Crippen molar-refractivity contribution in [3.63, 3.8) is 0 Å². The van der Waals surface area contributed by atoms with Gasteiger partial charge >= 0.3 is 0 Å². The van der Waals surface area contributed by atoms with E-state index in [1.54, 1.807) is 0 Å². The molecule has 1 unspecified atom stereocenters. The number of aliphatic hydroxyl groups is 1. The quantitative estimate of drug-likeness (QED) is 0.709. The van der Waals surface area contributed by atoms with Crippen molar-refractivity contribution in [1.29, 1.82) is 0 Å². The van der Waals surface area contributed by atoms with E-state index in [2.05, 4.69) is 0 Å². The predicted molar refractivity (Wildman–Crippen MR) is 49.6 cm³/mol. The first-order chi connectivity index (χ1) is 5.75. The molecule has 0 amide bonds. The van der Waals surface area contributed by atoms with Crippen LogP contribution >= 0.6 is 0 Å². The highest BCUT2D eigenvalue weighted by molar-refractivity contribution is 5.17. The topological polar surface area (TPSA) is 46.2 Å². The van der Waals surface area contributed by atoms with Gasteiger partial charge in [-0.05, 0) is 18.0 Å². The zero-order valence-corrected chi connectivity index (χ0v) is 7.27. The van der Waals surface area contributed by atoms with E-state index in [0.29, 0.717) is 6.54 Å². The van der Waals surface area contributed by atoms with Crippen LogP contribution in [-0.4, -0.2) is 11.7 Å². The summed E-state index contributed by atoms with van der Waals surface area (Å²) in [7, 11) is 0. The molecule has 2 heteroatoms. The first-order valence-electron chi connectivity index (χ1n) is 4.18. The SMILES string of the molecule is CC(CN)[C@@H](O)c1ccccc1. The van der Waals surface area contributed by atoms with Crippen molar-refractivity contribution >= 4 is 0 Å². The Morgan fingerprint density at radius 1 is 1.33 bits per heavy atom. The van der Waals surface area contributed by atoms with Crippen LogP contribution < -0.4 is 5.73 Å². The molecule has 12 heavy (non-hydrogen) atoms. The Hall–Kier alpha value is -0.860. The van der Waals surface area contributed by atoms with Gasteiger partial charge in [-0.3, -0.25) is 0 Å². The van der Waals surface area contributed by atoms with Crippen molar-refractivity contribution in [3.05, 3.63) is 35.9 Å². The van der Waals surface area contributed by atoms with Crippen molar-refractivity contribution < 1.29 is 5.11 Å². The van der Waals surface area contributed by atoms with Crippen LogP contribution in [0.25, 0.3) is 0 Å². The molecule has 0 radical (unpaired) electrons. The number of hydrogen-bond acceptors (Lipinski definition) is 2. The Balaban J connectivity index is 2.71. The normalized spacial score (nSPS) is 15.6. The van der Waals surface area contributed by atoms with Gasteiger partial charge < -0.3 is 10.8 Å². The highest BCUT2D eigenvalue weighted by Gasteiger charge is 2.13. The van der Waals surface area contributed by atoms with Crippen LogP contribution in [0.15, 0.2) is 30.3 Å². The molecule has 0 fully saturated rings. The lowest BCUT2D eigenvalue weighted by atomic mass is 9.98. The Morgan fingerprint density at radius 2 is 1.92 bits per heavy atom. The molecule has 0 saturated heterocycles. The standard InChI is InChI=1S/C10H15NO/c1-8(7-11)10(12)9-5-3-2-4-6-9/h2-6,8,10,12H,7,11H2,1H3/t8?,10-/m1/s1. The van der Waals surface area contributed by atoms with Crippen molar-refractivity contribution in [2.45, 2.75) is 13.0 Å². The van der Waals surface area contributed by atoms with Crippen LogP contribution in [0.1, 0.15) is 18.6 Å². The summed E-state index contributed by atoms with van der Waals surface area (Å²) in [6, 6.07) is 9.60. The predicted octanol–water partition coefficient (Wildman–Crippen LogP) is 1.31. The third kappa shape index (κ3) is 2.06. The Labute approximate surface area is 73.0 Å². The van der Waals surface area contributed by atoms with Gasteiger partial charge in [-0.25, -0.2) is 0 Å². The number of nitrogens with two attached hydrogens (primary N) is 1. The summed E-state index contributed by atoms with van der Waals surface area (Å²) in [4.78, 5) is 0. The maximum absolute atomic E-state index is 9.71. The molecule has 0 aliphatic heterocycles. The Kier molecular flexibility index (Phi) is 3.26. The van der Waals surface area contributed by atoms with Crippen molar-refractivity contribution in [3.8, 4) is 0 Å². The minimum absolute atomic E-state index is 0.118. The Bertz CT molecular complexity index is 223. The fourth-order valence-corrected chi connectivity index (χ4v) is 1.11. The first-order valence-corrected chi connectivity index (χ1v) is 4.18. The van der Waals surface area contributed by atoms with Gasteiger partial charge in [0, 0.05) is 0 Å². The fourth-order valence-electron chi connectivity index (χ4n) is 1.11. The molecule has 1 aromatic carbocycles. The summed E-state index contributed by atoms with van der Waals surface area (Å²) in [5.74, 6) is 0.118. The van der Waals surface area contributed by atoms with Gasteiger partial charge in [0.15, 0.2) is 0 Å². The van der Waals surface area contributed by atoms with Crippen LogP contribution in [0.5, 0.6) is 0 Å². The first kappa shape index (κ1) is 9.23. The van der Waals surface area contributed by atoms with Gasteiger partial charge in [0.1, 0.15) is 0 Å². The van der Waals surface area contributed by atoms with E-state index in [4.69, 9.17) is 5.73 Å². The maximum atomic E-state index is 9.71. The fraction of sp³-hybridized carbons (Fsp3) is 0.400. The third-order valence-electron chi connectivity index (χ3n) is 2.05. The molecule has 0 heterocycles. The van der Waals surface area contributed by atoms with Crippen molar-refractivity contribution in [2.24, 2.45) is 11.7 Å². The smallest absolute Gasteiger partial charge is 0.0827 e. The largest absolute Gasteiger partial charge is 0.388 e. The molecular weight excluding hydrogens is 150 g/mol. The third-order valence-corrected chi connectivity index (χ3v) is 2.05. The molecule has 2 atom stereocenters.